The first-order valence-corrected chi connectivity index (χ1v) is 8.31. The van der Waals surface area contributed by atoms with Crippen molar-refractivity contribution in [2.45, 2.75) is 50.8 Å². The summed E-state index contributed by atoms with van der Waals surface area (Å²) in [6, 6.07) is 9.82. The van der Waals surface area contributed by atoms with E-state index in [4.69, 9.17) is 0 Å². The predicted octanol–water partition coefficient (Wildman–Crippen LogP) is 3.67. The molecule has 1 aliphatic rings. The zero-order valence-corrected chi connectivity index (χ0v) is 12.4. The molecule has 2 unspecified atom stereocenters. The highest BCUT2D eigenvalue weighted by atomic mass is 32.2. The molecule has 1 aromatic rings. The molecule has 0 radical (unpaired) electrons. The molecule has 1 nitrogen and oxygen atoms in total. The van der Waals surface area contributed by atoms with E-state index < -0.39 is 0 Å². The van der Waals surface area contributed by atoms with Gasteiger partial charge in [-0.2, -0.15) is 11.8 Å². The van der Waals surface area contributed by atoms with Gasteiger partial charge in [-0.3, -0.25) is 0 Å². The lowest BCUT2D eigenvalue weighted by Gasteiger charge is -2.24. The van der Waals surface area contributed by atoms with Crippen LogP contribution >= 0.6 is 11.8 Å². The molecule has 1 fully saturated rings. The van der Waals surface area contributed by atoms with Crippen molar-refractivity contribution in [3.63, 3.8) is 0 Å². The van der Waals surface area contributed by atoms with Crippen LogP contribution in [0, 0.1) is 0 Å². The molecular weight excluding hydrogens is 238 g/mol. The molecule has 2 heteroatoms. The molecule has 0 aliphatic carbocycles. The van der Waals surface area contributed by atoms with Crippen LogP contribution in [0.4, 0.5) is 0 Å². The highest BCUT2D eigenvalue weighted by Gasteiger charge is 2.24. The highest BCUT2D eigenvalue weighted by molar-refractivity contribution is 8.00. The summed E-state index contributed by atoms with van der Waals surface area (Å²) in [5.41, 5.74) is 2.92. The predicted molar refractivity (Wildman–Crippen MR) is 82.5 cm³/mol. The zero-order chi connectivity index (χ0) is 12.8. The molecule has 18 heavy (non-hydrogen) atoms. The number of hydrogen-bond donors (Lipinski definition) is 1. The Morgan fingerprint density at radius 1 is 1.22 bits per heavy atom. The quantitative estimate of drug-likeness (QED) is 0.840. The van der Waals surface area contributed by atoms with Crippen molar-refractivity contribution in [1.29, 1.82) is 0 Å². The Bertz CT molecular complexity index is 341. The third-order valence-electron chi connectivity index (χ3n) is 3.77. The standard InChI is InChI=1S/C16H25NS/c1-3-13-7-9-14(10-8-13)12-15(17-4-2)16-6-5-11-18-16/h7-10,15-17H,3-6,11-12H2,1-2H3. The van der Waals surface area contributed by atoms with Crippen molar-refractivity contribution in [3.05, 3.63) is 35.4 Å². The number of likely N-dealkylation sites (N-methyl/N-ethyl adjacent to an activating group) is 1. The fourth-order valence-corrected chi connectivity index (χ4v) is 4.08. The van der Waals surface area contributed by atoms with Crippen LogP contribution in [0.25, 0.3) is 0 Å². The number of aryl methyl sites for hydroxylation is 1. The van der Waals surface area contributed by atoms with Crippen molar-refractivity contribution < 1.29 is 0 Å². The molecule has 2 rings (SSSR count). The van der Waals surface area contributed by atoms with E-state index in [0.717, 1.165) is 18.2 Å². The van der Waals surface area contributed by atoms with Crippen molar-refractivity contribution in [3.8, 4) is 0 Å². The number of hydrogen-bond acceptors (Lipinski definition) is 2. The SMILES string of the molecule is CCNC(Cc1ccc(CC)cc1)C1CCCS1. The lowest BCUT2D eigenvalue weighted by Crippen LogP contribution is -2.38. The van der Waals surface area contributed by atoms with Gasteiger partial charge in [-0.1, -0.05) is 38.1 Å². The van der Waals surface area contributed by atoms with Gasteiger partial charge in [-0.25, -0.2) is 0 Å². The van der Waals surface area contributed by atoms with E-state index in [1.165, 1.54) is 36.1 Å². The first-order chi connectivity index (χ1) is 8.83. The number of nitrogens with one attached hydrogen (secondary N) is 1. The Labute approximate surface area is 116 Å². The summed E-state index contributed by atoms with van der Waals surface area (Å²) in [7, 11) is 0. The molecule has 2 atom stereocenters. The van der Waals surface area contributed by atoms with Crippen LogP contribution in [0.5, 0.6) is 0 Å². The maximum atomic E-state index is 3.68. The van der Waals surface area contributed by atoms with Crippen LogP contribution in [0.1, 0.15) is 37.8 Å². The lowest BCUT2D eigenvalue weighted by molar-refractivity contribution is 0.495. The largest absolute Gasteiger partial charge is 0.313 e. The topological polar surface area (TPSA) is 12.0 Å². The summed E-state index contributed by atoms with van der Waals surface area (Å²) in [5.74, 6) is 1.35. The van der Waals surface area contributed by atoms with Crippen LogP contribution in [0.2, 0.25) is 0 Å². The minimum Gasteiger partial charge on any atom is -0.313 e. The van der Waals surface area contributed by atoms with E-state index >= 15 is 0 Å². The molecule has 1 aliphatic heterocycles. The maximum Gasteiger partial charge on any atom is 0.0226 e. The van der Waals surface area contributed by atoms with Crippen LogP contribution in [0.15, 0.2) is 24.3 Å². The highest BCUT2D eigenvalue weighted by Crippen LogP contribution is 2.30. The molecule has 0 bridgehead atoms. The summed E-state index contributed by atoms with van der Waals surface area (Å²) < 4.78 is 0. The van der Waals surface area contributed by atoms with Crippen LogP contribution in [-0.4, -0.2) is 23.6 Å². The summed E-state index contributed by atoms with van der Waals surface area (Å²) in [4.78, 5) is 0. The van der Waals surface area contributed by atoms with Crippen molar-refractivity contribution in [1.82, 2.24) is 5.32 Å². The minimum absolute atomic E-state index is 0.648. The van der Waals surface area contributed by atoms with E-state index in [2.05, 4.69) is 55.2 Å². The van der Waals surface area contributed by atoms with Crippen molar-refractivity contribution >= 4 is 11.8 Å². The van der Waals surface area contributed by atoms with E-state index in [9.17, 15) is 0 Å². The summed E-state index contributed by atoms with van der Waals surface area (Å²) in [5, 5.41) is 4.50. The van der Waals surface area contributed by atoms with Crippen LogP contribution in [0.3, 0.4) is 0 Å². The Morgan fingerprint density at radius 3 is 2.50 bits per heavy atom. The molecule has 100 valence electrons. The summed E-state index contributed by atoms with van der Waals surface area (Å²) in [6.07, 6.45) is 5.09. The van der Waals surface area contributed by atoms with Gasteiger partial charge >= 0.3 is 0 Å². The zero-order valence-electron chi connectivity index (χ0n) is 11.6. The van der Waals surface area contributed by atoms with Gasteiger partial charge in [0, 0.05) is 11.3 Å². The second kappa shape index (κ2) is 7.20. The lowest BCUT2D eigenvalue weighted by atomic mass is 9.99. The van der Waals surface area contributed by atoms with Gasteiger partial charge < -0.3 is 5.32 Å². The van der Waals surface area contributed by atoms with Gasteiger partial charge in [0.1, 0.15) is 0 Å². The minimum atomic E-state index is 0.648. The molecule has 1 saturated heterocycles. The maximum absolute atomic E-state index is 3.68. The van der Waals surface area contributed by atoms with E-state index in [0.29, 0.717) is 6.04 Å². The van der Waals surface area contributed by atoms with Crippen molar-refractivity contribution in [2.75, 3.05) is 12.3 Å². The second-order valence-corrected chi connectivity index (χ2v) is 6.44. The Kier molecular flexibility index (Phi) is 5.58. The number of benzene rings is 1. The van der Waals surface area contributed by atoms with E-state index in [-0.39, 0.29) is 0 Å². The smallest absolute Gasteiger partial charge is 0.0226 e. The second-order valence-electron chi connectivity index (χ2n) is 5.09. The molecule has 1 aromatic carbocycles. The van der Waals surface area contributed by atoms with Gasteiger partial charge in [0.15, 0.2) is 0 Å². The van der Waals surface area contributed by atoms with Gasteiger partial charge in [-0.15, -0.1) is 0 Å². The Morgan fingerprint density at radius 2 is 1.94 bits per heavy atom. The monoisotopic (exact) mass is 263 g/mol. The van der Waals surface area contributed by atoms with Gasteiger partial charge in [0.25, 0.3) is 0 Å². The fourth-order valence-electron chi connectivity index (χ4n) is 2.68. The van der Waals surface area contributed by atoms with Gasteiger partial charge in [-0.05, 0) is 49.1 Å². The molecule has 0 amide bonds. The Balaban J connectivity index is 1.98. The molecule has 0 saturated carbocycles. The molecule has 1 N–H and O–H groups in total. The third-order valence-corrected chi connectivity index (χ3v) is 5.28. The average Bonchev–Trinajstić information content (AvgIpc) is 2.93. The first-order valence-electron chi connectivity index (χ1n) is 7.26. The fraction of sp³-hybridized carbons (Fsp3) is 0.625. The number of rotatable bonds is 6. The normalized spacial score (nSPS) is 21.1. The van der Waals surface area contributed by atoms with E-state index in [1.54, 1.807) is 0 Å². The Hall–Kier alpha value is -0.470. The van der Waals surface area contributed by atoms with Crippen LogP contribution in [-0.2, 0) is 12.8 Å². The molecule has 1 heterocycles. The molecular formula is C16H25NS. The van der Waals surface area contributed by atoms with Crippen molar-refractivity contribution in [2.24, 2.45) is 0 Å². The summed E-state index contributed by atoms with van der Waals surface area (Å²) in [6.45, 7) is 5.51. The van der Waals surface area contributed by atoms with Crippen LogP contribution < -0.4 is 5.32 Å². The molecule has 0 aromatic heterocycles. The van der Waals surface area contributed by atoms with Gasteiger partial charge in [0.05, 0.1) is 0 Å². The summed E-state index contributed by atoms with van der Waals surface area (Å²) >= 11 is 2.15. The first kappa shape index (κ1) is 14.0. The number of thioether (sulfide) groups is 1. The third kappa shape index (κ3) is 3.76. The molecule has 0 spiro atoms. The van der Waals surface area contributed by atoms with Gasteiger partial charge in [0.2, 0.25) is 0 Å². The average molecular weight is 263 g/mol. The van der Waals surface area contributed by atoms with E-state index in [1.807, 2.05) is 0 Å².